The number of hydrogen-bond donors (Lipinski definition) is 0. The minimum absolute atomic E-state index is 0.913. The number of anilines is 3. The summed E-state index contributed by atoms with van der Waals surface area (Å²) in [6.45, 7) is 0. The predicted molar refractivity (Wildman–Crippen MR) is 119 cm³/mol. The maximum Gasteiger partial charge on any atom is 0.148 e. The molecule has 1 aliphatic rings. The number of hydrogen-bond acceptors (Lipinski definition) is 3. The summed E-state index contributed by atoms with van der Waals surface area (Å²) in [4.78, 5) is 11.3. The summed E-state index contributed by atoms with van der Waals surface area (Å²) < 4.78 is 0. The van der Waals surface area contributed by atoms with Gasteiger partial charge in [-0.3, -0.25) is 4.90 Å². The van der Waals surface area contributed by atoms with Gasteiger partial charge in [-0.1, -0.05) is 60.7 Å². The minimum atomic E-state index is 0.913. The SMILES string of the molecule is c1ccc(-c2cc3c4c(cccc4c2)N(c2ccccc2)c2ncncc2-3)cc1. The molecule has 0 radical (unpaired) electrons. The first kappa shape index (κ1) is 16.0. The van der Waals surface area contributed by atoms with Crippen molar-refractivity contribution < 1.29 is 0 Å². The number of fused-ring (bicyclic) bond motifs is 2. The van der Waals surface area contributed by atoms with E-state index >= 15 is 0 Å². The third-order valence-electron chi connectivity index (χ3n) is 5.51. The van der Waals surface area contributed by atoms with Gasteiger partial charge in [0.05, 0.1) is 5.69 Å². The van der Waals surface area contributed by atoms with Gasteiger partial charge in [0.2, 0.25) is 0 Å². The van der Waals surface area contributed by atoms with Crippen molar-refractivity contribution in [3.63, 3.8) is 0 Å². The Balaban J connectivity index is 1.71. The maximum atomic E-state index is 4.68. The average molecular weight is 371 g/mol. The second kappa shape index (κ2) is 6.28. The van der Waals surface area contributed by atoms with Gasteiger partial charge in [-0.25, -0.2) is 9.97 Å². The first-order valence-corrected chi connectivity index (χ1v) is 9.68. The molecule has 1 aliphatic heterocycles. The van der Waals surface area contributed by atoms with Crippen LogP contribution in [0.2, 0.25) is 0 Å². The Morgan fingerprint density at radius 2 is 1.45 bits per heavy atom. The van der Waals surface area contributed by atoms with E-state index in [-0.39, 0.29) is 0 Å². The number of para-hydroxylation sites is 1. The summed E-state index contributed by atoms with van der Waals surface area (Å²) in [5.41, 5.74) is 6.89. The molecule has 5 aromatic rings. The lowest BCUT2D eigenvalue weighted by atomic mass is 9.90. The molecule has 0 saturated carbocycles. The van der Waals surface area contributed by atoms with Crippen molar-refractivity contribution in [2.45, 2.75) is 0 Å². The monoisotopic (exact) mass is 371 g/mol. The van der Waals surface area contributed by atoms with Crippen LogP contribution in [-0.4, -0.2) is 9.97 Å². The third kappa shape index (κ3) is 2.44. The largest absolute Gasteiger partial charge is 0.294 e. The quantitative estimate of drug-likeness (QED) is 0.337. The van der Waals surface area contributed by atoms with E-state index < -0.39 is 0 Å². The van der Waals surface area contributed by atoms with Crippen molar-refractivity contribution in [1.29, 1.82) is 0 Å². The molecule has 3 nitrogen and oxygen atoms in total. The van der Waals surface area contributed by atoms with E-state index in [0.717, 1.165) is 22.8 Å². The van der Waals surface area contributed by atoms with E-state index in [1.54, 1.807) is 6.33 Å². The van der Waals surface area contributed by atoms with E-state index in [2.05, 4.69) is 93.7 Å². The summed E-state index contributed by atoms with van der Waals surface area (Å²) in [5.74, 6) is 0.913. The zero-order valence-corrected chi connectivity index (χ0v) is 15.7. The van der Waals surface area contributed by atoms with Crippen LogP contribution in [0.1, 0.15) is 0 Å². The van der Waals surface area contributed by atoms with E-state index in [4.69, 9.17) is 0 Å². The van der Waals surface area contributed by atoms with Crippen molar-refractivity contribution in [2.24, 2.45) is 0 Å². The van der Waals surface area contributed by atoms with Gasteiger partial charge in [-0.05, 0) is 52.4 Å². The molecule has 0 saturated heterocycles. The molecule has 0 bridgehead atoms. The van der Waals surface area contributed by atoms with Gasteiger partial charge in [0, 0.05) is 22.8 Å². The summed E-state index contributed by atoms with van der Waals surface area (Å²) in [6.07, 6.45) is 3.55. The molecule has 0 spiro atoms. The van der Waals surface area contributed by atoms with Crippen LogP contribution in [0.3, 0.4) is 0 Å². The molecule has 4 aromatic carbocycles. The van der Waals surface area contributed by atoms with Gasteiger partial charge < -0.3 is 0 Å². The minimum Gasteiger partial charge on any atom is -0.294 e. The van der Waals surface area contributed by atoms with E-state index in [0.29, 0.717) is 0 Å². The lowest BCUT2D eigenvalue weighted by Crippen LogP contribution is -2.16. The van der Waals surface area contributed by atoms with E-state index in [9.17, 15) is 0 Å². The Hall–Kier alpha value is -3.98. The van der Waals surface area contributed by atoms with Gasteiger partial charge in [-0.2, -0.15) is 0 Å². The van der Waals surface area contributed by atoms with E-state index in [1.807, 2.05) is 18.3 Å². The number of benzene rings is 4. The first-order valence-electron chi connectivity index (χ1n) is 9.68. The fraction of sp³-hybridized carbons (Fsp3) is 0. The smallest absolute Gasteiger partial charge is 0.148 e. The van der Waals surface area contributed by atoms with Gasteiger partial charge in [-0.15, -0.1) is 0 Å². The van der Waals surface area contributed by atoms with Gasteiger partial charge in [0.25, 0.3) is 0 Å². The summed E-state index contributed by atoms with van der Waals surface area (Å²) in [7, 11) is 0. The molecule has 2 heterocycles. The number of rotatable bonds is 2. The standard InChI is InChI=1S/C26H17N3/c1-3-8-18(9-4-1)20-14-19-10-7-13-24-25(19)22(15-20)23-16-27-17-28-26(23)29(24)21-11-5-2-6-12-21/h1-17H. The molecule has 29 heavy (non-hydrogen) atoms. The maximum absolute atomic E-state index is 4.68. The molecule has 0 atom stereocenters. The van der Waals surface area contributed by atoms with Gasteiger partial charge in [0.1, 0.15) is 12.1 Å². The topological polar surface area (TPSA) is 29.0 Å². The number of aromatic nitrogens is 2. The van der Waals surface area contributed by atoms with Gasteiger partial charge in [0.15, 0.2) is 0 Å². The molecule has 3 heteroatoms. The second-order valence-electron chi connectivity index (χ2n) is 7.20. The first-order chi connectivity index (χ1) is 14.4. The van der Waals surface area contributed by atoms with Gasteiger partial charge >= 0.3 is 0 Å². The fourth-order valence-electron chi connectivity index (χ4n) is 4.25. The third-order valence-corrected chi connectivity index (χ3v) is 5.51. The van der Waals surface area contributed by atoms with E-state index in [1.165, 1.54) is 27.5 Å². The van der Waals surface area contributed by atoms with Crippen LogP contribution in [-0.2, 0) is 0 Å². The Bertz CT molecular complexity index is 1340. The molecule has 0 aliphatic carbocycles. The number of nitrogens with zero attached hydrogens (tertiary/aromatic N) is 3. The molecular weight excluding hydrogens is 354 g/mol. The van der Waals surface area contributed by atoms with Crippen molar-refractivity contribution in [2.75, 3.05) is 4.90 Å². The van der Waals surface area contributed by atoms with Crippen molar-refractivity contribution in [1.82, 2.24) is 9.97 Å². The highest BCUT2D eigenvalue weighted by atomic mass is 15.2. The Kier molecular flexibility index (Phi) is 3.47. The summed E-state index contributed by atoms with van der Waals surface area (Å²) in [5, 5.41) is 2.45. The average Bonchev–Trinajstić information content (AvgIpc) is 2.80. The van der Waals surface area contributed by atoms with Crippen LogP contribution in [0.15, 0.2) is 104 Å². The Morgan fingerprint density at radius 3 is 2.28 bits per heavy atom. The zero-order valence-electron chi connectivity index (χ0n) is 15.7. The van der Waals surface area contributed by atoms with Crippen LogP contribution in [0.5, 0.6) is 0 Å². The molecule has 0 N–H and O–H groups in total. The predicted octanol–water partition coefficient (Wildman–Crippen LogP) is 6.75. The lowest BCUT2D eigenvalue weighted by molar-refractivity contribution is 1.11. The van der Waals surface area contributed by atoms with Crippen molar-refractivity contribution >= 4 is 28.0 Å². The van der Waals surface area contributed by atoms with Crippen LogP contribution < -0.4 is 4.90 Å². The molecule has 136 valence electrons. The Labute approximate surface area is 168 Å². The molecule has 6 rings (SSSR count). The molecular formula is C26H17N3. The highest BCUT2D eigenvalue weighted by molar-refractivity contribution is 6.14. The van der Waals surface area contributed by atoms with Crippen molar-refractivity contribution in [3.8, 4) is 22.3 Å². The van der Waals surface area contributed by atoms with Crippen LogP contribution in [0, 0.1) is 0 Å². The van der Waals surface area contributed by atoms with Crippen LogP contribution in [0.4, 0.5) is 17.2 Å². The van der Waals surface area contributed by atoms with Crippen LogP contribution in [0.25, 0.3) is 33.0 Å². The molecule has 0 unspecified atom stereocenters. The normalized spacial score (nSPS) is 12.1. The lowest BCUT2D eigenvalue weighted by Gasteiger charge is -2.32. The highest BCUT2D eigenvalue weighted by Crippen LogP contribution is 2.50. The Morgan fingerprint density at radius 1 is 0.655 bits per heavy atom. The zero-order chi connectivity index (χ0) is 19.2. The van der Waals surface area contributed by atoms with Crippen LogP contribution >= 0.6 is 0 Å². The highest BCUT2D eigenvalue weighted by Gasteiger charge is 2.27. The second-order valence-corrected chi connectivity index (χ2v) is 7.20. The van der Waals surface area contributed by atoms with Crippen molar-refractivity contribution in [3.05, 3.63) is 104 Å². The summed E-state index contributed by atoms with van der Waals surface area (Å²) in [6, 6.07) is 31.9. The summed E-state index contributed by atoms with van der Waals surface area (Å²) >= 11 is 0. The fourth-order valence-corrected chi connectivity index (χ4v) is 4.25. The molecule has 0 amide bonds. The molecule has 1 aromatic heterocycles. The molecule has 0 fully saturated rings.